The lowest BCUT2D eigenvalue weighted by Gasteiger charge is -2.26. The van der Waals surface area contributed by atoms with Crippen LogP contribution in [-0.4, -0.2) is 42.3 Å². The first-order chi connectivity index (χ1) is 14.5. The lowest BCUT2D eigenvalue weighted by molar-refractivity contribution is 0.0342. The molecule has 1 N–H and O–H groups in total. The van der Waals surface area contributed by atoms with Gasteiger partial charge in [-0.25, -0.2) is 4.39 Å². The SMILES string of the molecule is Cc1onc(-c2c(F)cccc2Cl)c1C(=O)Nc1cccc(CN2CCOCC2)c1. The van der Waals surface area contributed by atoms with Crippen molar-refractivity contribution in [1.29, 1.82) is 0 Å². The molecule has 30 heavy (non-hydrogen) atoms. The molecule has 156 valence electrons. The third-order valence-corrected chi connectivity index (χ3v) is 5.30. The third-order valence-electron chi connectivity index (χ3n) is 4.98. The number of halogens is 2. The molecule has 1 saturated heterocycles. The molecule has 1 aliphatic rings. The second-order valence-corrected chi connectivity index (χ2v) is 7.51. The van der Waals surface area contributed by atoms with Crippen molar-refractivity contribution >= 4 is 23.2 Å². The van der Waals surface area contributed by atoms with Gasteiger partial charge in [-0.3, -0.25) is 9.69 Å². The maximum atomic E-state index is 14.4. The maximum absolute atomic E-state index is 14.4. The number of rotatable bonds is 5. The Hall–Kier alpha value is -2.74. The average Bonchev–Trinajstić information content (AvgIpc) is 3.10. The Balaban J connectivity index is 1.57. The first-order valence-electron chi connectivity index (χ1n) is 9.64. The number of ether oxygens (including phenoxy) is 1. The largest absolute Gasteiger partial charge is 0.379 e. The molecule has 4 rings (SSSR count). The van der Waals surface area contributed by atoms with Crippen molar-refractivity contribution in [2.75, 3.05) is 31.6 Å². The Morgan fingerprint density at radius 1 is 1.23 bits per heavy atom. The van der Waals surface area contributed by atoms with E-state index >= 15 is 0 Å². The van der Waals surface area contributed by atoms with Crippen molar-refractivity contribution in [3.05, 3.63) is 70.2 Å². The number of benzene rings is 2. The second-order valence-electron chi connectivity index (χ2n) is 7.10. The Morgan fingerprint density at radius 2 is 2.00 bits per heavy atom. The van der Waals surface area contributed by atoms with E-state index < -0.39 is 11.7 Å². The summed E-state index contributed by atoms with van der Waals surface area (Å²) < 4.78 is 24.9. The predicted molar refractivity (Wildman–Crippen MR) is 112 cm³/mol. The van der Waals surface area contributed by atoms with Crippen molar-refractivity contribution in [1.82, 2.24) is 10.1 Å². The molecule has 0 aliphatic carbocycles. The monoisotopic (exact) mass is 429 g/mol. The van der Waals surface area contributed by atoms with Crippen LogP contribution in [0.2, 0.25) is 5.02 Å². The van der Waals surface area contributed by atoms with Gasteiger partial charge in [0.25, 0.3) is 5.91 Å². The van der Waals surface area contributed by atoms with E-state index in [2.05, 4.69) is 15.4 Å². The number of morpholine rings is 1. The molecule has 2 heterocycles. The van der Waals surface area contributed by atoms with Crippen molar-refractivity contribution in [2.24, 2.45) is 0 Å². The molecule has 1 amide bonds. The molecule has 0 spiro atoms. The molecular formula is C22H21ClFN3O3. The summed E-state index contributed by atoms with van der Waals surface area (Å²) in [5, 5.41) is 6.91. The Kier molecular flexibility index (Phi) is 6.13. The quantitative estimate of drug-likeness (QED) is 0.645. The minimum absolute atomic E-state index is 0.0437. The zero-order valence-corrected chi connectivity index (χ0v) is 17.2. The first-order valence-corrected chi connectivity index (χ1v) is 10.0. The van der Waals surface area contributed by atoms with E-state index in [1.54, 1.807) is 19.1 Å². The molecule has 0 bridgehead atoms. The molecule has 2 aromatic carbocycles. The number of nitrogens with zero attached hydrogens (tertiary/aromatic N) is 2. The van der Waals surface area contributed by atoms with Crippen LogP contribution >= 0.6 is 11.6 Å². The van der Waals surface area contributed by atoms with Crippen LogP contribution in [-0.2, 0) is 11.3 Å². The fourth-order valence-electron chi connectivity index (χ4n) is 3.49. The third kappa shape index (κ3) is 4.38. The van der Waals surface area contributed by atoms with Gasteiger partial charge in [0.2, 0.25) is 0 Å². The van der Waals surface area contributed by atoms with E-state index in [1.807, 2.05) is 18.2 Å². The van der Waals surface area contributed by atoms with Crippen LogP contribution in [0.4, 0.5) is 10.1 Å². The predicted octanol–water partition coefficient (Wildman–Crippen LogP) is 4.53. The Morgan fingerprint density at radius 3 is 2.77 bits per heavy atom. The van der Waals surface area contributed by atoms with Gasteiger partial charge in [0.1, 0.15) is 22.8 Å². The zero-order chi connectivity index (χ0) is 21.1. The topological polar surface area (TPSA) is 67.6 Å². The number of anilines is 1. The number of hydrogen-bond acceptors (Lipinski definition) is 5. The summed E-state index contributed by atoms with van der Waals surface area (Å²) in [5.41, 5.74) is 1.99. The highest BCUT2D eigenvalue weighted by Crippen LogP contribution is 2.33. The minimum Gasteiger partial charge on any atom is -0.379 e. The molecule has 3 aromatic rings. The Labute approximate surface area is 178 Å². The molecule has 0 unspecified atom stereocenters. The second kappa shape index (κ2) is 8.95. The fourth-order valence-corrected chi connectivity index (χ4v) is 3.75. The molecule has 8 heteroatoms. The van der Waals surface area contributed by atoms with Gasteiger partial charge >= 0.3 is 0 Å². The van der Waals surface area contributed by atoms with E-state index in [-0.39, 0.29) is 27.6 Å². The van der Waals surface area contributed by atoms with Crippen molar-refractivity contribution in [3.63, 3.8) is 0 Å². The summed E-state index contributed by atoms with van der Waals surface area (Å²) in [6, 6.07) is 11.9. The molecule has 1 fully saturated rings. The summed E-state index contributed by atoms with van der Waals surface area (Å²) in [7, 11) is 0. The van der Waals surface area contributed by atoms with Crippen LogP contribution < -0.4 is 5.32 Å². The number of aryl methyl sites for hydroxylation is 1. The number of carbonyl (C=O) groups excluding carboxylic acids is 1. The molecule has 1 aromatic heterocycles. The minimum atomic E-state index is -0.572. The van der Waals surface area contributed by atoms with Gasteiger partial charge in [-0.2, -0.15) is 0 Å². The lowest BCUT2D eigenvalue weighted by atomic mass is 10.0. The summed E-state index contributed by atoms with van der Waals surface area (Å²) in [6.45, 7) is 5.59. The van der Waals surface area contributed by atoms with Gasteiger partial charge in [0.15, 0.2) is 0 Å². The number of amides is 1. The highest BCUT2D eigenvalue weighted by atomic mass is 35.5. The Bertz CT molecular complexity index is 1040. The average molecular weight is 430 g/mol. The van der Waals surface area contributed by atoms with Crippen LogP contribution in [0, 0.1) is 12.7 Å². The summed E-state index contributed by atoms with van der Waals surface area (Å²) in [4.78, 5) is 15.3. The van der Waals surface area contributed by atoms with Gasteiger partial charge in [-0.15, -0.1) is 0 Å². The zero-order valence-electron chi connectivity index (χ0n) is 16.5. The highest BCUT2D eigenvalue weighted by Gasteiger charge is 2.25. The van der Waals surface area contributed by atoms with Crippen molar-refractivity contribution < 1.29 is 18.4 Å². The van der Waals surface area contributed by atoms with E-state index in [1.165, 1.54) is 12.1 Å². The van der Waals surface area contributed by atoms with Crippen molar-refractivity contribution in [2.45, 2.75) is 13.5 Å². The van der Waals surface area contributed by atoms with Gasteiger partial charge in [-0.05, 0) is 36.8 Å². The maximum Gasteiger partial charge on any atom is 0.261 e. The molecule has 1 aliphatic heterocycles. The highest BCUT2D eigenvalue weighted by molar-refractivity contribution is 6.33. The van der Waals surface area contributed by atoms with Crippen LogP contribution in [0.1, 0.15) is 21.7 Å². The molecule has 0 atom stereocenters. The lowest BCUT2D eigenvalue weighted by Crippen LogP contribution is -2.35. The fraction of sp³-hybridized carbons (Fsp3) is 0.273. The van der Waals surface area contributed by atoms with E-state index in [0.717, 1.165) is 38.4 Å². The van der Waals surface area contributed by atoms with Crippen LogP contribution in [0.25, 0.3) is 11.3 Å². The van der Waals surface area contributed by atoms with E-state index in [0.29, 0.717) is 5.69 Å². The van der Waals surface area contributed by atoms with Gasteiger partial charge in [-0.1, -0.05) is 35.0 Å². The molecule has 0 radical (unpaired) electrons. The smallest absolute Gasteiger partial charge is 0.261 e. The molecule has 6 nitrogen and oxygen atoms in total. The number of hydrogen-bond donors (Lipinski definition) is 1. The van der Waals surface area contributed by atoms with Crippen LogP contribution in [0.15, 0.2) is 47.0 Å². The molecular weight excluding hydrogens is 409 g/mol. The van der Waals surface area contributed by atoms with Crippen molar-refractivity contribution in [3.8, 4) is 11.3 Å². The summed E-state index contributed by atoms with van der Waals surface area (Å²) in [5.74, 6) is -0.727. The molecule has 0 saturated carbocycles. The summed E-state index contributed by atoms with van der Waals surface area (Å²) >= 11 is 6.16. The normalized spacial score (nSPS) is 14.6. The van der Waals surface area contributed by atoms with E-state index in [4.69, 9.17) is 20.9 Å². The number of carbonyl (C=O) groups is 1. The first kappa shape index (κ1) is 20.5. The number of nitrogens with one attached hydrogen (secondary N) is 1. The van der Waals surface area contributed by atoms with Gasteiger partial charge < -0.3 is 14.6 Å². The van der Waals surface area contributed by atoms with Gasteiger partial charge in [0.05, 0.1) is 23.8 Å². The van der Waals surface area contributed by atoms with E-state index in [9.17, 15) is 9.18 Å². The standard InChI is InChI=1S/C22H21ClFN3O3/c1-14-19(21(26-30-14)20-17(23)6-3-7-18(20)24)22(28)25-16-5-2-4-15(12-16)13-27-8-10-29-11-9-27/h2-7,12H,8-11,13H2,1H3,(H,25,28). The van der Waals surface area contributed by atoms with Gasteiger partial charge in [0, 0.05) is 25.3 Å². The van der Waals surface area contributed by atoms with Crippen LogP contribution in [0.3, 0.4) is 0 Å². The van der Waals surface area contributed by atoms with Crippen LogP contribution in [0.5, 0.6) is 0 Å². The summed E-state index contributed by atoms with van der Waals surface area (Å²) in [6.07, 6.45) is 0. The number of aromatic nitrogens is 1.